The number of aliphatic hydroxyl groups is 1. The zero-order valence-electron chi connectivity index (χ0n) is 29.4. The lowest BCUT2D eigenvalue weighted by Gasteiger charge is -2.07. The molecule has 0 amide bonds. The van der Waals surface area contributed by atoms with Crippen molar-refractivity contribution in [1.29, 1.82) is 0 Å². The van der Waals surface area contributed by atoms with Crippen molar-refractivity contribution < 1.29 is 19.7 Å². The SMILES string of the molecule is C=C(CO)c1cnn(-c2ccccc2)c1/N=N/c1c(C)nn(-c2nc(O)nc(-n3nc(C)c(/N=N/c4c(C(=O)OC)cnn4-c4ccccc4)c3N)n2)c1N. The van der Waals surface area contributed by atoms with Crippen LogP contribution in [0.4, 0.5) is 34.6 Å². The predicted molar refractivity (Wildman–Crippen MR) is 197 cm³/mol. The molecule has 0 radical (unpaired) electrons. The number of hydrogen-bond donors (Lipinski definition) is 4. The lowest BCUT2D eigenvalue weighted by Crippen LogP contribution is -2.13. The van der Waals surface area contributed by atoms with Crippen LogP contribution in [0, 0.1) is 13.8 Å². The normalized spacial score (nSPS) is 11.6. The fourth-order valence-electron chi connectivity index (χ4n) is 5.33. The summed E-state index contributed by atoms with van der Waals surface area (Å²) >= 11 is 0. The molecule has 0 atom stereocenters. The molecular formula is C34H31N17O4. The van der Waals surface area contributed by atoms with Crippen molar-refractivity contribution in [3.8, 4) is 29.3 Å². The van der Waals surface area contributed by atoms with Crippen molar-refractivity contribution in [3.05, 3.63) is 102 Å². The first kappa shape index (κ1) is 35.5. The number of nitrogens with two attached hydrogens (primary N) is 2. The average Bonchev–Trinajstić information content (AvgIpc) is 3.96. The van der Waals surface area contributed by atoms with Crippen molar-refractivity contribution in [2.45, 2.75) is 13.8 Å². The summed E-state index contributed by atoms with van der Waals surface area (Å²) in [6.07, 6.45) is 2.85. The molecule has 0 unspecified atom stereocenters. The number of carbonyl (C=O) groups is 1. The molecule has 0 aliphatic carbocycles. The number of anilines is 2. The van der Waals surface area contributed by atoms with Gasteiger partial charge in [0.15, 0.2) is 34.6 Å². The number of azo groups is 2. The summed E-state index contributed by atoms with van der Waals surface area (Å²) in [5.74, 6) is -0.776. The molecule has 55 heavy (non-hydrogen) atoms. The second kappa shape index (κ2) is 14.6. The van der Waals surface area contributed by atoms with Crippen LogP contribution in [0.1, 0.15) is 27.3 Å². The molecule has 0 aliphatic rings. The Hall–Kier alpha value is -7.94. The van der Waals surface area contributed by atoms with Crippen LogP contribution in [0.15, 0.2) is 100 Å². The minimum atomic E-state index is -0.695. The maximum absolute atomic E-state index is 12.5. The highest BCUT2D eigenvalue weighted by molar-refractivity contribution is 5.94. The Balaban J connectivity index is 1.23. The fraction of sp³-hybridized carbons (Fsp3) is 0.118. The van der Waals surface area contributed by atoms with E-state index in [-0.39, 0.29) is 52.9 Å². The Bertz CT molecular complexity index is 2440. The monoisotopic (exact) mass is 741 g/mol. The highest BCUT2D eigenvalue weighted by Crippen LogP contribution is 2.35. The minimum Gasteiger partial charge on any atom is -0.479 e. The third kappa shape index (κ3) is 6.64. The van der Waals surface area contributed by atoms with E-state index in [0.717, 1.165) is 9.36 Å². The van der Waals surface area contributed by atoms with Crippen molar-refractivity contribution in [2.75, 3.05) is 25.2 Å². The number of aliphatic hydroxyl groups excluding tert-OH is 1. The summed E-state index contributed by atoms with van der Waals surface area (Å²) in [4.78, 5) is 25.0. The third-order valence-corrected chi connectivity index (χ3v) is 8.06. The number of aromatic nitrogens is 11. The number of aryl methyl sites for hydroxylation is 2. The van der Waals surface area contributed by atoms with Gasteiger partial charge in [0.05, 0.1) is 48.9 Å². The van der Waals surface area contributed by atoms with Gasteiger partial charge in [-0.1, -0.05) is 43.0 Å². The van der Waals surface area contributed by atoms with E-state index in [1.54, 1.807) is 42.8 Å². The van der Waals surface area contributed by atoms with Gasteiger partial charge in [-0.3, -0.25) is 0 Å². The Morgan fingerprint density at radius 1 is 0.727 bits per heavy atom. The number of para-hydroxylation sites is 2. The molecule has 5 heterocycles. The molecule has 5 aromatic heterocycles. The minimum absolute atomic E-state index is 0.0262. The van der Waals surface area contributed by atoms with Gasteiger partial charge in [0.25, 0.3) is 11.9 Å². The molecule has 0 fully saturated rings. The van der Waals surface area contributed by atoms with Gasteiger partial charge in [-0.2, -0.15) is 44.7 Å². The van der Waals surface area contributed by atoms with Crippen LogP contribution < -0.4 is 11.5 Å². The van der Waals surface area contributed by atoms with E-state index in [9.17, 15) is 15.0 Å². The van der Waals surface area contributed by atoms with E-state index in [4.69, 9.17) is 16.2 Å². The number of methoxy groups -OCH3 is 1. The summed E-state index contributed by atoms with van der Waals surface area (Å²) in [6, 6.07) is 17.5. The number of hydrogen-bond acceptors (Lipinski definition) is 17. The number of ether oxygens (including phenoxy) is 1. The second-order valence-corrected chi connectivity index (χ2v) is 11.6. The van der Waals surface area contributed by atoms with Crippen molar-refractivity contribution >= 4 is 46.2 Å². The number of aromatic hydroxyl groups is 1. The zero-order chi connectivity index (χ0) is 38.8. The first-order valence-electron chi connectivity index (χ1n) is 16.2. The van der Waals surface area contributed by atoms with E-state index in [2.05, 4.69) is 62.4 Å². The molecule has 276 valence electrons. The molecule has 2 aromatic carbocycles. The second-order valence-electron chi connectivity index (χ2n) is 11.6. The van der Waals surface area contributed by atoms with Gasteiger partial charge >= 0.3 is 12.0 Å². The van der Waals surface area contributed by atoms with Gasteiger partial charge < -0.3 is 26.4 Å². The van der Waals surface area contributed by atoms with Crippen LogP contribution in [0.3, 0.4) is 0 Å². The van der Waals surface area contributed by atoms with Crippen molar-refractivity contribution in [2.24, 2.45) is 20.5 Å². The summed E-state index contributed by atoms with van der Waals surface area (Å²) in [6.45, 7) is 6.85. The highest BCUT2D eigenvalue weighted by atomic mass is 16.5. The van der Waals surface area contributed by atoms with Crippen LogP contribution in [-0.2, 0) is 4.74 Å². The Labute approximate surface area is 310 Å². The van der Waals surface area contributed by atoms with Crippen molar-refractivity contribution in [3.63, 3.8) is 0 Å². The van der Waals surface area contributed by atoms with Gasteiger partial charge in [-0.25, -0.2) is 14.2 Å². The van der Waals surface area contributed by atoms with Gasteiger partial charge in [0, 0.05) is 5.56 Å². The van der Waals surface area contributed by atoms with E-state index < -0.39 is 12.0 Å². The molecule has 0 saturated carbocycles. The Kier molecular flexibility index (Phi) is 9.41. The third-order valence-electron chi connectivity index (χ3n) is 8.06. The predicted octanol–water partition coefficient (Wildman–Crippen LogP) is 4.72. The molecule has 21 nitrogen and oxygen atoms in total. The summed E-state index contributed by atoms with van der Waals surface area (Å²) < 4.78 is 10.1. The van der Waals surface area contributed by atoms with Gasteiger partial charge in [-0.05, 0) is 43.7 Å². The molecule has 0 aliphatic heterocycles. The van der Waals surface area contributed by atoms with E-state index in [1.807, 2.05) is 36.4 Å². The number of carbonyl (C=O) groups excluding carboxylic acids is 1. The molecule has 7 aromatic rings. The fourth-order valence-corrected chi connectivity index (χ4v) is 5.33. The molecule has 0 saturated heterocycles. The number of nitrogen functional groups attached to an aromatic ring is 2. The van der Waals surface area contributed by atoms with Crippen molar-refractivity contribution in [1.82, 2.24) is 54.1 Å². The van der Waals surface area contributed by atoms with Gasteiger partial charge in [0.1, 0.15) is 5.56 Å². The molecular weight excluding hydrogens is 710 g/mol. The summed E-state index contributed by atoms with van der Waals surface area (Å²) in [5, 5.41) is 55.4. The number of benzene rings is 2. The van der Waals surface area contributed by atoms with Crippen LogP contribution in [0.5, 0.6) is 6.01 Å². The first-order valence-corrected chi connectivity index (χ1v) is 16.2. The molecule has 6 N–H and O–H groups in total. The van der Waals surface area contributed by atoms with E-state index in [1.165, 1.54) is 24.2 Å². The summed E-state index contributed by atoms with van der Waals surface area (Å²) in [5.41, 5.74) is 16.2. The van der Waals surface area contributed by atoms with Crippen LogP contribution >= 0.6 is 0 Å². The molecule has 7 rings (SSSR count). The van der Waals surface area contributed by atoms with E-state index in [0.29, 0.717) is 39.7 Å². The van der Waals surface area contributed by atoms with Crippen LogP contribution in [0.25, 0.3) is 28.8 Å². The molecule has 0 bridgehead atoms. The molecule has 0 spiro atoms. The van der Waals surface area contributed by atoms with Gasteiger partial charge in [-0.15, -0.1) is 20.5 Å². The number of rotatable bonds is 11. The maximum Gasteiger partial charge on any atom is 0.343 e. The Morgan fingerprint density at radius 2 is 1.18 bits per heavy atom. The van der Waals surface area contributed by atoms with Gasteiger partial charge in [0.2, 0.25) is 0 Å². The lowest BCUT2D eigenvalue weighted by atomic mass is 10.1. The maximum atomic E-state index is 12.5. The zero-order valence-corrected chi connectivity index (χ0v) is 29.4. The standard InChI is InChI=1S/C34H31N17O4/c1-18(17-52)23-15-37-48(21-11-7-5-8-12-21)29(23)44-42-25-19(2)46-50(27(25)35)32-39-33(41-34(54)40-32)51-28(36)26(20(3)47-51)43-45-30-24(31(53)55-4)16-38-49(30)22-13-9-6-10-14-22/h5-16,52H,1,17,35-36H2,2-4H3,(H,39,40,41,54)/b44-42+,45-43+. The Morgan fingerprint density at radius 3 is 1.64 bits per heavy atom. The highest BCUT2D eigenvalue weighted by Gasteiger charge is 2.24. The average molecular weight is 742 g/mol. The topological polar surface area (TPSA) is 278 Å². The largest absolute Gasteiger partial charge is 0.479 e. The quantitative estimate of drug-likeness (QED) is 0.103. The van der Waals surface area contributed by atoms with E-state index >= 15 is 0 Å². The number of nitrogens with zero attached hydrogens (tertiary/aromatic N) is 15. The lowest BCUT2D eigenvalue weighted by molar-refractivity contribution is 0.0601. The van der Waals surface area contributed by atoms with Crippen LogP contribution in [0.2, 0.25) is 0 Å². The summed E-state index contributed by atoms with van der Waals surface area (Å²) in [7, 11) is 1.24. The van der Waals surface area contributed by atoms with Crippen LogP contribution in [-0.4, -0.2) is 84.0 Å². The number of esters is 1. The first-order chi connectivity index (χ1) is 26.6. The smallest absolute Gasteiger partial charge is 0.343 e. The molecule has 21 heteroatoms.